The van der Waals surface area contributed by atoms with Gasteiger partial charge < -0.3 is 14.4 Å². The van der Waals surface area contributed by atoms with Gasteiger partial charge in [-0.3, -0.25) is 4.79 Å². The first-order valence-electron chi connectivity index (χ1n) is 9.14. The van der Waals surface area contributed by atoms with Crippen molar-refractivity contribution in [2.45, 2.75) is 25.1 Å². The van der Waals surface area contributed by atoms with Gasteiger partial charge in [0.05, 0.1) is 12.7 Å². The third kappa shape index (κ3) is 4.55. The van der Waals surface area contributed by atoms with Crippen LogP contribution in [0, 0.1) is 23.0 Å². The van der Waals surface area contributed by atoms with E-state index in [0.29, 0.717) is 5.56 Å². The molecule has 5 nitrogen and oxygen atoms in total. The molecular weight excluding hydrogens is 423 g/mol. The minimum Gasteiger partial charge on any atom is -0.494 e. The highest BCUT2D eigenvalue weighted by Gasteiger charge is 2.40. The monoisotopic (exact) mass is 440 g/mol. The van der Waals surface area contributed by atoms with E-state index in [0.717, 1.165) is 31.2 Å². The minimum atomic E-state index is -4.68. The smallest absolute Gasteiger partial charge is 0.425 e. The normalized spacial score (nSPS) is 15.1. The lowest BCUT2D eigenvalue weighted by molar-refractivity contribution is -0.189. The molecule has 0 saturated carbocycles. The molecule has 1 aliphatic rings. The van der Waals surface area contributed by atoms with Crippen LogP contribution in [0.1, 0.15) is 34.3 Å². The summed E-state index contributed by atoms with van der Waals surface area (Å²) in [4.78, 5) is 14.3. The molecule has 1 saturated heterocycles. The van der Waals surface area contributed by atoms with Crippen LogP contribution in [-0.4, -0.2) is 43.3 Å². The molecule has 1 unspecified atom stereocenters. The molecule has 0 N–H and O–H groups in total. The molecule has 10 heteroatoms. The molecule has 1 fully saturated rings. The van der Waals surface area contributed by atoms with Crippen LogP contribution >= 0.6 is 0 Å². The highest BCUT2D eigenvalue weighted by molar-refractivity contribution is 6.01. The SMILES string of the molecule is COc1c(C#N)ccc(OC(C)C(F)(F)F)c1C(=O)N1CC(c2cc(F)cc(F)c2)C1. The topological polar surface area (TPSA) is 62.6 Å². The number of carbonyl (C=O) groups excluding carboxylic acids is 1. The van der Waals surface area contributed by atoms with E-state index in [1.165, 1.54) is 18.1 Å². The van der Waals surface area contributed by atoms with Crippen molar-refractivity contribution in [2.24, 2.45) is 0 Å². The molecule has 2 aromatic carbocycles. The third-order valence-electron chi connectivity index (χ3n) is 4.95. The zero-order valence-corrected chi connectivity index (χ0v) is 16.5. The lowest BCUT2D eigenvalue weighted by Gasteiger charge is -2.40. The summed E-state index contributed by atoms with van der Waals surface area (Å²) in [7, 11) is 1.18. The highest BCUT2D eigenvalue weighted by atomic mass is 19.4. The van der Waals surface area contributed by atoms with Gasteiger partial charge >= 0.3 is 6.18 Å². The zero-order chi connectivity index (χ0) is 22.9. The summed E-state index contributed by atoms with van der Waals surface area (Å²) in [5, 5.41) is 9.26. The van der Waals surface area contributed by atoms with Crippen molar-refractivity contribution in [1.82, 2.24) is 4.90 Å². The number of halogens is 5. The second kappa shape index (κ2) is 8.41. The summed E-state index contributed by atoms with van der Waals surface area (Å²) >= 11 is 0. The standard InChI is InChI=1S/C21H17F5N2O3/c1-11(21(24,25)26)31-17-4-3-12(8-27)19(30-2)18(17)20(29)28-9-14(10-28)13-5-15(22)7-16(23)6-13/h3-7,11,14H,9-10H2,1-2H3. The Morgan fingerprint density at radius 1 is 1.19 bits per heavy atom. The second-order valence-corrected chi connectivity index (χ2v) is 7.04. The molecule has 0 radical (unpaired) electrons. The van der Waals surface area contributed by atoms with E-state index in [2.05, 4.69) is 0 Å². The first-order chi connectivity index (χ1) is 14.5. The van der Waals surface area contributed by atoms with E-state index in [4.69, 9.17) is 9.47 Å². The molecular formula is C21H17F5N2O3. The summed E-state index contributed by atoms with van der Waals surface area (Å²) in [5.74, 6) is -3.16. The van der Waals surface area contributed by atoms with Crippen LogP contribution in [0.2, 0.25) is 0 Å². The van der Waals surface area contributed by atoms with Gasteiger partial charge in [-0.05, 0) is 36.8 Å². The number of amides is 1. The molecule has 3 rings (SSSR count). The summed E-state index contributed by atoms with van der Waals surface area (Å²) in [6.45, 7) is 0.947. The van der Waals surface area contributed by atoms with Gasteiger partial charge in [-0.2, -0.15) is 18.4 Å². The van der Waals surface area contributed by atoms with Crippen LogP contribution in [-0.2, 0) is 0 Å². The Bertz CT molecular complexity index is 1020. The van der Waals surface area contributed by atoms with Crippen LogP contribution in [0.15, 0.2) is 30.3 Å². The Balaban J connectivity index is 1.90. The summed E-state index contributed by atoms with van der Waals surface area (Å²) in [5.41, 5.74) is -0.00915. The average molecular weight is 440 g/mol. The largest absolute Gasteiger partial charge is 0.494 e. The van der Waals surface area contributed by atoms with E-state index >= 15 is 0 Å². The number of alkyl halides is 3. The molecule has 2 aromatic rings. The Morgan fingerprint density at radius 2 is 1.81 bits per heavy atom. The maximum atomic E-state index is 13.4. The van der Waals surface area contributed by atoms with Gasteiger partial charge in [0.2, 0.25) is 0 Å². The number of ether oxygens (including phenoxy) is 2. The van der Waals surface area contributed by atoms with Gasteiger partial charge in [0.1, 0.15) is 29.0 Å². The fourth-order valence-corrected chi connectivity index (χ4v) is 3.25. The van der Waals surface area contributed by atoms with Gasteiger partial charge in [-0.15, -0.1) is 0 Å². The number of carbonyl (C=O) groups is 1. The number of nitriles is 1. The van der Waals surface area contributed by atoms with Gasteiger partial charge in [-0.25, -0.2) is 8.78 Å². The molecule has 164 valence electrons. The van der Waals surface area contributed by atoms with Crippen molar-refractivity contribution in [3.8, 4) is 17.6 Å². The van der Waals surface area contributed by atoms with Crippen molar-refractivity contribution in [2.75, 3.05) is 20.2 Å². The summed E-state index contributed by atoms with van der Waals surface area (Å²) < 4.78 is 75.9. The lowest BCUT2D eigenvalue weighted by Crippen LogP contribution is -2.48. The fraction of sp³-hybridized carbons (Fsp3) is 0.333. The van der Waals surface area contributed by atoms with E-state index in [9.17, 15) is 32.0 Å². The number of hydrogen-bond acceptors (Lipinski definition) is 4. The van der Waals surface area contributed by atoms with Crippen LogP contribution in [0.5, 0.6) is 11.5 Å². The van der Waals surface area contributed by atoms with Gasteiger partial charge in [-0.1, -0.05) is 0 Å². The average Bonchev–Trinajstić information content (AvgIpc) is 2.64. The predicted molar refractivity (Wildman–Crippen MR) is 98.9 cm³/mol. The third-order valence-corrected chi connectivity index (χ3v) is 4.95. The maximum Gasteiger partial charge on any atom is 0.425 e. The Hall–Kier alpha value is -3.35. The number of hydrogen-bond donors (Lipinski definition) is 0. The van der Waals surface area contributed by atoms with Crippen LogP contribution in [0.3, 0.4) is 0 Å². The van der Waals surface area contributed by atoms with Crippen molar-refractivity contribution < 1.29 is 36.2 Å². The molecule has 0 bridgehead atoms. The second-order valence-electron chi connectivity index (χ2n) is 7.04. The molecule has 1 amide bonds. The van der Waals surface area contributed by atoms with Gasteiger partial charge in [0.25, 0.3) is 5.91 Å². The van der Waals surface area contributed by atoms with E-state index in [-0.39, 0.29) is 41.6 Å². The Labute approximate surface area is 174 Å². The summed E-state index contributed by atoms with van der Waals surface area (Å²) in [6.07, 6.45) is -6.89. The molecule has 0 spiro atoms. The Kier molecular flexibility index (Phi) is 6.06. The molecule has 0 aliphatic carbocycles. The van der Waals surface area contributed by atoms with Crippen molar-refractivity contribution >= 4 is 5.91 Å². The quantitative estimate of drug-likeness (QED) is 0.646. The number of rotatable bonds is 5. The van der Waals surface area contributed by atoms with Gasteiger partial charge in [0, 0.05) is 25.1 Å². The molecule has 1 aliphatic heterocycles. The molecule has 0 aromatic heterocycles. The maximum absolute atomic E-state index is 13.4. The van der Waals surface area contributed by atoms with Crippen molar-refractivity contribution in [3.05, 3.63) is 58.7 Å². The molecule has 31 heavy (non-hydrogen) atoms. The molecule has 1 atom stereocenters. The van der Waals surface area contributed by atoms with Gasteiger partial charge in [0.15, 0.2) is 11.9 Å². The summed E-state index contributed by atoms with van der Waals surface area (Å²) in [6, 6.07) is 7.17. The first kappa shape index (κ1) is 22.3. The van der Waals surface area contributed by atoms with Crippen LogP contribution < -0.4 is 9.47 Å². The molecule has 1 heterocycles. The van der Waals surface area contributed by atoms with Crippen LogP contribution in [0.4, 0.5) is 22.0 Å². The number of likely N-dealkylation sites (tertiary alicyclic amines) is 1. The van der Waals surface area contributed by atoms with E-state index < -0.39 is 29.8 Å². The lowest BCUT2D eigenvalue weighted by atomic mass is 9.90. The van der Waals surface area contributed by atoms with E-state index in [1.54, 1.807) is 0 Å². The zero-order valence-electron chi connectivity index (χ0n) is 16.5. The number of nitrogens with zero attached hydrogens (tertiary/aromatic N) is 2. The highest BCUT2D eigenvalue weighted by Crippen LogP contribution is 2.38. The number of benzene rings is 2. The van der Waals surface area contributed by atoms with E-state index in [1.807, 2.05) is 6.07 Å². The Morgan fingerprint density at radius 3 is 2.32 bits per heavy atom. The van der Waals surface area contributed by atoms with Crippen LogP contribution in [0.25, 0.3) is 0 Å². The first-order valence-corrected chi connectivity index (χ1v) is 9.14. The predicted octanol–water partition coefficient (Wildman–Crippen LogP) is 4.41. The number of methoxy groups -OCH3 is 1. The van der Waals surface area contributed by atoms with Crippen molar-refractivity contribution in [1.29, 1.82) is 5.26 Å². The fourth-order valence-electron chi connectivity index (χ4n) is 3.25. The van der Waals surface area contributed by atoms with Crippen molar-refractivity contribution in [3.63, 3.8) is 0 Å². The minimum absolute atomic E-state index is 0.0536.